The van der Waals surface area contributed by atoms with Gasteiger partial charge in [0.25, 0.3) is 0 Å². The molecule has 1 unspecified atom stereocenters. The molecule has 0 aliphatic carbocycles. The molecule has 2 rings (SSSR count). The van der Waals surface area contributed by atoms with Crippen LogP contribution in [-0.2, 0) is 16.0 Å². The molecule has 1 aliphatic rings. The molecular formula is C19H29NO4. The lowest BCUT2D eigenvalue weighted by Crippen LogP contribution is -2.60. The first-order chi connectivity index (χ1) is 11.3. The average Bonchev–Trinajstić information content (AvgIpc) is 2.55. The number of ether oxygens (including phenoxy) is 2. The predicted molar refractivity (Wildman–Crippen MR) is 93.1 cm³/mol. The van der Waals surface area contributed by atoms with Crippen molar-refractivity contribution in [3.8, 4) is 5.75 Å². The van der Waals surface area contributed by atoms with E-state index in [1.807, 2.05) is 43.0 Å². The van der Waals surface area contributed by atoms with E-state index in [4.69, 9.17) is 9.47 Å². The highest BCUT2D eigenvalue weighted by Gasteiger charge is 2.48. The number of hydrogen-bond acceptors (Lipinski definition) is 4. The number of methoxy groups -OCH3 is 2. The molecular weight excluding hydrogens is 306 g/mol. The van der Waals surface area contributed by atoms with Crippen molar-refractivity contribution in [2.45, 2.75) is 38.7 Å². The molecule has 0 aromatic heterocycles. The maximum atomic E-state index is 12.6. The van der Waals surface area contributed by atoms with Gasteiger partial charge in [-0.05, 0) is 30.5 Å². The van der Waals surface area contributed by atoms with E-state index < -0.39 is 11.0 Å². The number of aryl methyl sites for hydroxylation is 1. The summed E-state index contributed by atoms with van der Waals surface area (Å²) in [5.74, 6) is 0.939. The number of carbonyl (C=O) groups is 1. The van der Waals surface area contributed by atoms with Crippen molar-refractivity contribution in [3.63, 3.8) is 0 Å². The third-order valence-electron chi connectivity index (χ3n) is 5.14. The quantitative estimate of drug-likeness (QED) is 0.866. The van der Waals surface area contributed by atoms with Crippen LogP contribution in [0.5, 0.6) is 5.75 Å². The van der Waals surface area contributed by atoms with Gasteiger partial charge in [0.05, 0.1) is 19.3 Å². The monoisotopic (exact) mass is 335 g/mol. The van der Waals surface area contributed by atoms with E-state index in [2.05, 4.69) is 0 Å². The number of piperidine rings is 1. The summed E-state index contributed by atoms with van der Waals surface area (Å²) in [7, 11) is 3.24. The number of amides is 1. The second-order valence-corrected chi connectivity index (χ2v) is 7.27. The van der Waals surface area contributed by atoms with Crippen molar-refractivity contribution in [1.82, 2.24) is 4.90 Å². The Labute approximate surface area is 144 Å². The summed E-state index contributed by atoms with van der Waals surface area (Å²) in [6, 6.07) is 7.81. The van der Waals surface area contributed by atoms with E-state index in [9.17, 15) is 9.90 Å². The SMILES string of the molecule is COCC1(O)CCN(C(=O)CCc2cccc(OC)c2)CC1(C)C. The molecule has 1 N–H and O–H groups in total. The standard InChI is InChI=1S/C19H29NO4/c1-18(2)13-20(11-10-19(18,22)14-23-3)17(21)9-8-15-6-5-7-16(12-15)24-4/h5-7,12,22H,8-11,13-14H2,1-4H3. The Morgan fingerprint density at radius 2 is 2.08 bits per heavy atom. The molecule has 24 heavy (non-hydrogen) atoms. The summed E-state index contributed by atoms with van der Waals surface area (Å²) in [5, 5.41) is 10.8. The molecule has 1 aliphatic heterocycles. The zero-order valence-corrected chi connectivity index (χ0v) is 15.2. The van der Waals surface area contributed by atoms with E-state index in [1.54, 1.807) is 14.2 Å². The maximum absolute atomic E-state index is 12.6. The van der Waals surface area contributed by atoms with Crippen LogP contribution >= 0.6 is 0 Å². The Balaban J connectivity index is 1.94. The molecule has 1 amide bonds. The van der Waals surface area contributed by atoms with Crippen molar-refractivity contribution in [2.24, 2.45) is 5.41 Å². The Bertz CT molecular complexity index is 572. The maximum Gasteiger partial charge on any atom is 0.222 e. The normalized spacial score (nSPS) is 23.1. The van der Waals surface area contributed by atoms with Crippen molar-refractivity contribution in [2.75, 3.05) is 33.9 Å². The Hall–Kier alpha value is -1.59. The van der Waals surface area contributed by atoms with Crippen molar-refractivity contribution in [3.05, 3.63) is 29.8 Å². The lowest BCUT2D eigenvalue weighted by Gasteiger charge is -2.50. The van der Waals surface area contributed by atoms with E-state index in [1.165, 1.54) is 0 Å². The van der Waals surface area contributed by atoms with Crippen molar-refractivity contribution in [1.29, 1.82) is 0 Å². The van der Waals surface area contributed by atoms with Crippen molar-refractivity contribution < 1.29 is 19.4 Å². The summed E-state index contributed by atoms with van der Waals surface area (Å²) >= 11 is 0. The molecule has 5 heteroatoms. The summed E-state index contributed by atoms with van der Waals surface area (Å²) in [6.07, 6.45) is 1.69. The molecule has 1 fully saturated rings. The molecule has 1 aromatic rings. The van der Waals surface area contributed by atoms with E-state index in [-0.39, 0.29) is 5.91 Å². The third-order valence-corrected chi connectivity index (χ3v) is 5.14. The van der Waals surface area contributed by atoms with E-state index in [0.717, 1.165) is 11.3 Å². The predicted octanol–water partition coefficient (Wildman–Crippen LogP) is 2.26. The number of nitrogens with zero attached hydrogens (tertiary/aromatic N) is 1. The molecule has 1 heterocycles. The zero-order valence-electron chi connectivity index (χ0n) is 15.2. The van der Waals surface area contributed by atoms with Crippen LogP contribution in [0.1, 0.15) is 32.3 Å². The number of likely N-dealkylation sites (tertiary alicyclic amines) is 1. The van der Waals surface area contributed by atoms with Crippen LogP contribution in [0.4, 0.5) is 0 Å². The highest BCUT2D eigenvalue weighted by Crippen LogP contribution is 2.39. The summed E-state index contributed by atoms with van der Waals surface area (Å²) in [5.41, 5.74) is -0.187. The first-order valence-electron chi connectivity index (χ1n) is 8.43. The van der Waals surface area contributed by atoms with Gasteiger partial charge in [-0.2, -0.15) is 0 Å². The number of benzene rings is 1. The molecule has 0 bridgehead atoms. The van der Waals surface area contributed by atoms with Crippen LogP contribution in [0.3, 0.4) is 0 Å². The minimum atomic E-state index is -0.884. The van der Waals surface area contributed by atoms with Crippen LogP contribution < -0.4 is 4.74 Å². The van der Waals surface area contributed by atoms with Gasteiger partial charge in [0, 0.05) is 32.0 Å². The van der Waals surface area contributed by atoms with Crippen LogP contribution in [0.2, 0.25) is 0 Å². The van der Waals surface area contributed by atoms with Gasteiger partial charge < -0.3 is 19.5 Å². The minimum Gasteiger partial charge on any atom is -0.497 e. The molecule has 0 radical (unpaired) electrons. The van der Waals surface area contributed by atoms with Gasteiger partial charge in [0.15, 0.2) is 0 Å². The van der Waals surface area contributed by atoms with Gasteiger partial charge in [0.2, 0.25) is 5.91 Å². The largest absolute Gasteiger partial charge is 0.497 e. The zero-order chi connectivity index (χ0) is 17.8. The molecule has 5 nitrogen and oxygen atoms in total. The van der Waals surface area contributed by atoms with Crippen LogP contribution in [0, 0.1) is 5.41 Å². The Kier molecular flexibility index (Phi) is 5.88. The molecule has 1 aromatic carbocycles. The summed E-state index contributed by atoms with van der Waals surface area (Å²) < 4.78 is 10.4. The van der Waals surface area contributed by atoms with Gasteiger partial charge in [-0.3, -0.25) is 4.79 Å². The first-order valence-corrected chi connectivity index (χ1v) is 8.43. The number of hydrogen-bond donors (Lipinski definition) is 1. The smallest absolute Gasteiger partial charge is 0.222 e. The second kappa shape index (κ2) is 7.53. The third kappa shape index (κ3) is 4.08. The van der Waals surface area contributed by atoms with Crippen LogP contribution in [0.15, 0.2) is 24.3 Å². The number of rotatable bonds is 6. The Morgan fingerprint density at radius 3 is 2.71 bits per heavy atom. The molecule has 1 atom stereocenters. The van der Waals surface area contributed by atoms with Crippen LogP contribution in [-0.4, -0.2) is 55.4 Å². The lowest BCUT2D eigenvalue weighted by molar-refractivity contribution is -0.163. The summed E-state index contributed by atoms with van der Waals surface area (Å²) in [4.78, 5) is 14.4. The van der Waals surface area contributed by atoms with Gasteiger partial charge >= 0.3 is 0 Å². The van der Waals surface area contributed by atoms with Crippen molar-refractivity contribution >= 4 is 5.91 Å². The molecule has 0 saturated carbocycles. The molecule has 1 saturated heterocycles. The highest BCUT2D eigenvalue weighted by molar-refractivity contribution is 5.76. The lowest BCUT2D eigenvalue weighted by atomic mass is 9.70. The van der Waals surface area contributed by atoms with Crippen LogP contribution in [0.25, 0.3) is 0 Å². The number of aliphatic hydroxyl groups is 1. The first kappa shape index (κ1) is 18.7. The van der Waals surface area contributed by atoms with Gasteiger partial charge in [-0.25, -0.2) is 0 Å². The highest BCUT2D eigenvalue weighted by atomic mass is 16.5. The fourth-order valence-electron chi connectivity index (χ4n) is 3.32. The fraction of sp³-hybridized carbons (Fsp3) is 0.632. The number of carbonyl (C=O) groups excluding carboxylic acids is 1. The van der Waals surface area contributed by atoms with E-state index >= 15 is 0 Å². The molecule has 134 valence electrons. The topological polar surface area (TPSA) is 59.0 Å². The fourth-order valence-corrected chi connectivity index (χ4v) is 3.32. The van der Waals surface area contributed by atoms with Gasteiger partial charge in [0.1, 0.15) is 5.75 Å². The second-order valence-electron chi connectivity index (χ2n) is 7.27. The van der Waals surface area contributed by atoms with Gasteiger partial charge in [-0.15, -0.1) is 0 Å². The Morgan fingerprint density at radius 1 is 1.33 bits per heavy atom. The van der Waals surface area contributed by atoms with Gasteiger partial charge in [-0.1, -0.05) is 26.0 Å². The minimum absolute atomic E-state index is 0.130. The summed E-state index contributed by atoms with van der Waals surface area (Å²) in [6.45, 7) is 5.40. The molecule has 0 spiro atoms. The van der Waals surface area contributed by atoms with E-state index in [0.29, 0.717) is 39.0 Å². The average molecular weight is 335 g/mol.